The molecule has 3 atom stereocenters. The molecule has 80 valence electrons. The molecule has 2 nitrogen and oxygen atoms in total. The largest absolute Gasteiger partial charge is 0.378 e. The Kier molecular flexibility index (Phi) is 5.00. The van der Waals surface area contributed by atoms with Gasteiger partial charge in [0, 0.05) is 25.1 Å². The minimum Gasteiger partial charge on any atom is -0.378 e. The van der Waals surface area contributed by atoms with Gasteiger partial charge in [-0.1, -0.05) is 6.92 Å². The molecule has 0 aromatic heterocycles. The summed E-state index contributed by atoms with van der Waals surface area (Å²) >= 11 is 0. The summed E-state index contributed by atoms with van der Waals surface area (Å²) in [4.78, 5) is 0. The quantitative estimate of drug-likeness (QED) is 0.692. The maximum Gasteiger partial charge on any atom is 0.0587 e. The van der Waals surface area contributed by atoms with Crippen LogP contribution >= 0.6 is 0 Å². The Morgan fingerprint density at radius 1 is 1.64 bits per heavy atom. The minimum atomic E-state index is 0.431. The van der Waals surface area contributed by atoms with Gasteiger partial charge in [-0.3, -0.25) is 0 Å². The first-order chi connectivity index (χ1) is 6.76. The van der Waals surface area contributed by atoms with E-state index in [1.165, 1.54) is 0 Å². The molecule has 0 amide bonds. The molecule has 1 fully saturated rings. The van der Waals surface area contributed by atoms with Crippen LogP contribution in [0.1, 0.15) is 39.5 Å². The van der Waals surface area contributed by atoms with E-state index in [4.69, 9.17) is 11.2 Å². The van der Waals surface area contributed by atoms with Gasteiger partial charge in [0.25, 0.3) is 0 Å². The second kappa shape index (κ2) is 6.06. The van der Waals surface area contributed by atoms with Crippen LogP contribution in [0.5, 0.6) is 0 Å². The van der Waals surface area contributed by atoms with Crippen LogP contribution in [-0.4, -0.2) is 24.8 Å². The van der Waals surface area contributed by atoms with Crippen LogP contribution in [0.25, 0.3) is 0 Å². The van der Waals surface area contributed by atoms with E-state index in [1.54, 1.807) is 0 Å². The molecule has 0 spiro atoms. The highest BCUT2D eigenvalue weighted by Crippen LogP contribution is 2.16. The van der Waals surface area contributed by atoms with Gasteiger partial charge in [0.2, 0.25) is 0 Å². The summed E-state index contributed by atoms with van der Waals surface area (Å²) in [5, 5.41) is 3.56. The molecule has 2 heteroatoms. The lowest BCUT2D eigenvalue weighted by molar-refractivity contribution is -0.00149. The standard InChI is InChI=1S/C12H21NO/c1-4-6-10(3)13-11-7-8-14-12(5-2)9-11/h1,10-13H,5-9H2,2-3H3. The number of rotatable bonds is 4. The first-order valence-electron chi connectivity index (χ1n) is 5.57. The van der Waals surface area contributed by atoms with Crippen molar-refractivity contribution in [3.8, 4) is 12.3 Å². The molecule has 0 saturated carbocycles. The molecule has 1 saturated heterocycles. The van der Waals surface area contributed by atoms with Gasteiger partial charge in [-0.2, -0.15) is 0 Å². The maximum absolute atomic E-state index is 5.62. The van der Waals surface area contributed by atoms with Crippen molar-refractivity contribution in [2.24, 2.45) is 0 Å². The van der Waals surface area contributed by atoms with Gasteiger partial charge in [0.15, 0.2) is 0 Å². The van der Waals surface area contributed by atoms with E-state index in [9.17, 15) is 0 Å². The van der Waals surface area contributed by atoms with Crippen LogP contribution < -0.4 is 5.32 Å². The summed E-state index contributed by atoms with van der Waals surface area (Å²) in [6.07, 6.45) is 9.89. The fraction of sp³-hybridized carbons (Fsp3) is 0.833. The molecule has 0 aliphatic carbocycles. The summed E-state index contributed by atoms with van der Waals surface area (Å²) < 4.78 is 5.62. The Morgan fingerprint density at radius 2 is 2.43 bits per heavy atom. The van der Waals surface area contributed by atoms with Crippen LogP contribution in [0.15, 0.2) is 0 Å². The zero-order valence-electron chi connectivity index (χ0n) is 9.25. The van der Waals surface area contributed by atoms with Crippen molar-refractivity contribution in [1.29, 1.82) is 0 Å². The van der Waals surface area contributed by atoms with Crippen molar-refractivity contribution in [1.82, 2.24) is 5.32 Å². The second-order valence-electron chi connectivity index (χ2n) is 4.10. The Bertz CT molecular complexity index is 197. The third kappa shape index (κ3) is 3.69. The van der Waals surface area contributed by atoms with Crippen molar-refractivity contribution >= 4 is 0 Å². The summed E-state index contributed by atoms with van der Waals surface area (Å²) in [7, 11) is 0. The second-order valence-corrected chi connectivity index (χ2v) is 4.10. The number of nitrogens with one attached hydrogen (secondary N) is 1. The Hall–Kier alpha value is -0.520. The monoisotopic (exact) mass is 195 g/mol. The predicted molar refractivity (Wildman–Crippen MR) is 59.1 cm³/mol. The van der Waals surface area contributed by atoms with Gasteiger partial charge in [0.1, 0.15) is 0 Å². The van der Waals surface area contributed by atoms with Crippen molar-refractivity contribution in [3.63, 3.8) is 0 Å². The number of hydrogen-bond acceptors (Lipinski definition) is 2. The van der Waals surface area contributed by atoms with Crippen LogP contribution in [-0.2, 0) is 4.74 Å². The van der Waals surface area contributed by atoms with E-state index >= 15 is 0 Å². The lowest BCUT2D eigenvalue weighted by Gasteiger charge is -2.31. The Balaban J connectivity index is 2.27. The van der Waals surface area contributed by atoms with Crippen LogP contribution in [0.3, 0.4) is 0 Å². The van der Waals surface area contributed by atoms with Crippen LogP contribution in [0.2, 0.25) is 0 Å². The van der Waals surface area contributed by atoms with Crippen molar-refractivity contribution in [3.05, 3.63) is 0 Å². The normalized spacial score (nSPS) is 29.5. The van der Waals surface area contributed by atoms with E-state index in [0.29, 0.717) is 18.2 Å². The van der Waals surface area contributed by atoms with Gasteiger partial charge in [-0.05, 0) is 26.2 Å². The molecule has 1 aliphatic rings. The topological polar surface area (TPSA) is 21.3 Å². The molecule has 0 aromatic rings. The summed E-state index contributed by atoms with van der Waals surface area (Å²) in [5.74, 6) is 2.69. The molecule has 1 heterocycles. The molecule has 0 radical (unpaired) electrons. The van der Waals surface area contributed by atoms with Crippen molar-refractivity contribution in [2.45, 2.75) is 57.7 Å². The zero-order chi connectivity index (χ0) is 10.4. The fourth-order valence-electron chi connectivity index (χ4n) is 1.95. The SMILES string of the molecule is C#CCC(C)NC1CCOC(CC)C1. The van der Waals surface area contributed by atoms with Gasteiger partial charge < -0.3 is 10.1 Å². The lowest BCUT2D eigenvalue weighted by Crippen LogP contribution is -2.42. The van der Waals surface area contributed by atoms with E-state index in [2.05, 4.69) is 25.1 Å². The smallest absolute Gasteiger partial charge is 0.0587 e. The average molecular weight is 195 g/mol. The molecule has 1 N–H and O–H groups in total. The third-order valence-corrected chi connectivity index (χ3v) is 2.77. The summed E-state index contributed by atoms with van der Waals surface area (Å²) in [5.41, 5.74) is 0. The lowest BCUT2D eigenvalue weighted by atomic mass is 10.0. The molecule has 0 bridgehead atoms. The number of hydrogen-bond donors (Lipinski definition) is 1. The van der Waals surface area contributed by atoms with Crippen LogP contribution in [0.4, 0.5) is 0 Å². The maximum atomic E-state index is 5.62. The summed E-state index contributed by atoms with van der Waals surface area (Å²) in [6, 6.07) is 1.03. The Morgan fingerprint density at radius 3 is 3.07 bits per heavy atom. The van der Waals surface area contributed by atoms with E-state index in [-0.39, 0.29) is 0 Å². The van der Waals surface area contributed by atoms with Crippen LogP contribution in [0, 0.1) is 12.3 Å². The average Bonchev–Trinajstić information content (AvgIpc) is 2.18. The summed E-state index contributed by atoms with van der Waals surface area (Å²) in [6.45, 7) is 5.22. The van der Waals surface area contributed by atoms with E-state index < -0.39 is 0 Å². The highest BCUT2D eigenvalue weighted by Gasteiger charge is 2.21. The third-order valence-electron chi connectivity index (χ3n) is 2.77. The van der Waals surface area contributed by atoms with Crippen molar-refractivity contribution < 1.29 is 4.74 Å². The predicted octanol–water partition coefficient (Wildman–Crippen LogP) is 1.95. The molecule has 1 rings (SSSR count). The highest BCUT2D eigenvalue weighted by molar-refractivity contribution is 4.89. The Labute approximate surface area is 87.4 Å². The number of ether oxygens (including phenoxy) is 1. The number of terminal acetylenes is 1. The molecule has 3 unspecified atom stereocenters. The van der Waals surface area contributed by atoms with E-state index in [1.807, 2.05) is 0 Å². The molecule has 0 aromatic carbocycles. The van der Waals surface area contributed by atoms with Gasteiger partial charge in [-0.25, -0.2) is 0 Å². The van der Waals surface area contributed by atoms with Gasteiger partial charge in [0.05, 0.1) is 6.10 Å². The van der Waals surface area contributed by atoms with Crippen molar-refractivity contribution in [2.75, 3.05) is 6.61 Å². The van der Waals surface area contributed by atoms with Gasteiger partial charge in [-0.15, -0.1) is 12.3 Å². The zero-order valence-corrected chi connectivity index (χ0v) is 9.25. The minimum absolute atomic E-state index is 0.431. The van der Waals surface area contributed by atoms with Gasteiger partial charge >= 0.3 is 0 Å². The molecular weight excluding hydrogens is 174 g/mol. The highest BCUT2D eigenvalue weighted by atomic mass is 16.5. The molecule has 1 aliphatic heterocycles. The first-order valence-corrected chi connectivity index (χ1v) is 5.57. The first kappa shape index (κ1) is 11.6. The van der Waals surface area contributed by atoms with E-state index in [0.717, 1.165) is 32.3 Å². The molecular formula is C12H21NO. The molecule has 14 heavy (non-hydrogen) atoms. The fourth-order valence-corrected chi connectivity index (χ4v) is 1.95.